The Balaban J connectivity index is 1.42. The second-order valence-corrected chi connectivity index (χ2v) is 18.1. The topological polar surface area (TPSA) is 34.2 Å². The maximum atomic E-state index is 6.72. The van der Waals surface area contributed by atoms with E-state index in [1.165, 1.54) is 24.6 Å². The predicted octanol–water partition coefficient (Wildman–Crippen LogP) is 6.67. The van der Waals surface area contributed by atoms with Gasteiger partial charge in [0.25, 0.3) is 0 Å². The summed E-state index contributed by atoms with van der Waals surface area (Å²) in [5.74, 6) is 7.95. The number of hydrogen-bond donors (Lipinski definition) is 0. The van der Waals surface area contributed by atoms with E-state index in [0.29, 0.717) is 0 Å². The molecule has 0 unspecified atom stereocenters. The standard InChI is InChI=1S/C31H18GeN2O3/c1-32-27-19-9-6-10-20(27)34-18-8-3-5-12-22(18)36-26-16-14-24(29(32)31(26)34)37-23-13-15-25-30(28(23)32)33(19)17-7-2-4-11-21(17)35-25/h2-16H,1H3. The van der Waals surface area contributed by atoms with Crippen LogP contribution in [0.1, 0.15) is 0 Å². The maximum absolute atomic E-state index is 6.72. The molecular weight excluding hydrogens is 521 g/mol. The molecule has 10 rings (SSSR count). The van der Waals surface area contributed by atoms with Crippen LogP contribution in [0.4, 0.5) is 34.1 Å². The van der Waals surface area contributed by atoms with Crippen molar-refractivity contribution < 1.29 is 14.2 Å². The first-order valence-electron chi connectivity index (χ1n) is 12.5. The van der Waals surface area contributed by atoms with Crippen LogP contribution in [0.3, 0.4) is 0 Å². The van der Waals surface area contributed by atoms with E-state index in [9.17, 15) is 0 Å². The number of benzene rings is 5. The second kappa shape index (κ2) is 5.95. The van der Waals surface area contributed by atoms with Crippen LogP contribution in [-0.4, -0.2) is 13.3 Å². The van der Waals surface area contributed by atoms with Crippen molar-refractivity contribution in [2.24, 2.45) is 0 Å². The number of rotatable bonds is 0. The molecule has 174 valence electrons. The number of ether oxygens (including phenoxy) is 3. The van der Waals surface area contributed by atoms with Gasteiger partial charge in [-0.1, -0.05) is 0 Å². The van der Waals surface area contributed by atoms with Gasteiger partial charge in [-0.25, -0.2) is 0 Å². The molecule has 0 radical (unpaired) electrons. The molecule has 0 atom stereocenters. The summed E-state index contributed by atoms with van der Waals surface area (Å²) >= 11 is -3.25. The summed E-state index contributed by atoms with van der Waals surface area (Å²) in [4.78, 5) is 4.82. The van der Waals surface area contributed by atoms with E-state index < -0.39 is 13.3 Å². The molecule has 5 aliphatic rings. The van der Waals surface area contributed by atoms with E-state index >= 15 is 0 Å². The quantitative estimate of drug-likeness (QED) is 0.201. The molecule has 0 amide bonds. The summed E-state index contributed by atoms with van der Waals surface area (Å²) < 4.78 is 23.8. The van der Waals surface area contributed by atoms with Gasteiger partial charge in [0.2, 0.25) is 0 Å². The Morgan fingerprint density at radius 2 is 0.865 bits per heavy atom. The van der Waals surface area contributed by atoms with Gasteiger partial charge in [0, 0.05) is 0 Å². The van der Waals surface area contributed by atoms with E-state index in [1.54, 1.807) is 0 Å². The first kappa shape index (κ1) is 18.8. The first-order valence-corrected chi connectivity index (χ1v) is 17.8. The van der Waals surface area contributed by atoms with Gasteiger partial charge in [0.1, 0.15) is 0 Å². The van der Waals surface area contributed by atoms with Crippen LogP contribution >= 0.6 is 0 Å². The normalized spacial score (nSPS) is 16.5. The van der Waals surface area contributed by atoms with E-state index in [-0.39, 0.29) is 0 Å². The summed E-state index contributed by atoms with van der Waals surface area (Å²) in [6.45, 7) is 0. The minimum atomic E-state index is -3.25. The van der Waals surface area contributed by atoms with Crippen molar-refractivity contribution >= 4 is 60.6 Å². The summed E-state index contributed by atoms with van der Waals surface area (Å²) in [5, 5.41) is 0. The Kier molecular flexibility index (Phi) is 3.03. The molecule has 5 aliphatic heterocycles. The van der Waals surface area contributed by atoms with Crippen molar-refractivity contribution in [3.63, 3.8) is 0 Å². The van der Waals surface area contributed by atoms with Gasteiger partial charge in [-0.3, -0.25) is 0 Å². The van der Waals surface area contributed by atoms with E-state index in [4.69, 9.17) is 14.2 Å². The van der Waals surface area contributed by atoms with Crippen LogP contribution in [0, 0.1) is 0 Å². The molecule has 5 aromatic carbocycles. The Morgan fingerprint density at radius 3 is 1.41 bits per heavy atom. The van der Waals surface area contributed by atoms with Gasteiger partial charge in [-0.2, -0.15) is 0 Å². The van der Waals surface area contributed by atoms with Crippen LogP contribution in [-0.2, 0) is 0 Å². The van der Waals surface area contributed by atoms with Crippen molar-refractivity contribution in [1.29, 1.82) is 0 Å². The van der Waals surface area contributed by atoms with Crippen LogP contribution in [0.5, 0.6) is 34.5 Å². The Labute approximate surface area is 215 Å². The predicted molar refractivity (Wildman–Crippen MR) is 147 cm³/mol. The van der Waals surface area contributed by atoms with Gasteiger partial charge < -0.3 is 0 Å². The molecule has 5 aromatic rings. The summed E-state index contributed by atoms with van der Waals surface area (Å²) in [5.41, 5.74) is 6.89. The van der Waals surface area contributed by atoms with E-state index in [1.807, 2.05) is 12.1 Å². The average molecular weight is 539 g/mol. The molecule has 0 fully saturated rings. The third-order valence-corrected chi connectivity index (χ3v) is 17.9. The van der Waals surface area contributed by atoms with Crippen molar-refractivity contribution in [2.45, 2.75) is 5.76 Å². The molecule has 0 saturated heterocycles. The zero-order valence-electron chi connectivity index (χ0n) is 19.8. The fraction of sp³-hybridized carbons (Fsp3) is 0.0323. The Hall–Kier alpha value is -4.36. The molecule has 0 saturated carbocycles. The number of fused-ring (bicyclic) bond motifs is 6. The van der Waals surface area contributed by atoms with Crippen LogP contribution in [0.15, 0.2) is 91.0 Å². The fourth-order valence-electron chi connectivity index (χ4n) is 7.19. The van der Waals surface area contributed by atoms with Crippen molar-refractivity contribution in [3.8, 4) is 34.5 Å². The molecule has 5 nitrogen and oxygen atoms in total. The minimum absolute atomic E-state index is 0.872. The zero-order valence-corrected chi connectivity index (χ0v) is 21.9. The van der Waals surface area contributed by atoms with Crippen molar-refractivity contribution in [1.82, 2.24) is 0 Å². The van der Waals surface area contributed by atoms with Gasteiger partial charge in [-0.05, 0) is 0 Å². The van der Waals surface area contributed by atoms with E-state index in [2.05, 4.69) is 94.4 Å². The fourth-order valence-corrected chi connectivity index (χ4v) is 17.3. The molecular formula is C31H18GeN2O3. The second-order valence-electron chi connectivity index (χ2n) is 10.3. The van der Waals surface area contributed by atoms with Gasteiger partial charge >= 0.3 is 216 Å². The first-order chi connectivity index (χ1) is 18.2. The number of hydrogen-bond acceptors (Lipinski definition) is 5. The summed E-state index contributed by atoms with van der Waals surface area (Å²) in [6, 6.07) is 31.7. The van der Waals surface area contributed by atoms with Crippen LogP contribution in [0.25, 0.3) is 0 Å². The van der Waals surface area contributed by atoms with Crippen LogP contribution < -0.4 is 37.2 Å². The van der Waals surface area contributed by atoms with Crippen LogP contribution in [0.2, 0.25) is 5.76 Å². The average Bonchev–Trinajstić information content (AvgIpc) is 2.93. The summed E-state index contributed by atoms with van der Waals surface area (Å²) in [6.07, 6.45) is 0. The van der Waals surface area contributed by atoms with Gasteiger partial charge in [0.05, 0.1) is 0 Å². The molecule has 0 bridgehead atoms. The third-order valence-electron chi connectivity index (χ3n) is 8.53. The third kappa shape index (κ3) is 1.94. The molecule has 0 spiro atoms. The number of nitrogens with zero attached hydrogens (tertiary/aromatic N) is 2. The van der Waals surface area contributed by atoms with Crippen molar-refractivity contribution in [3.05, 3.63) is 91.0 Å². The Bertz CT molecular complexity index is 1790. The SMILES string of the molecule is [CH3][Ge]12[c]3c4cccc3N3c5ccccc5Oc5ccc([c]1c53)Oc1ccc3c([c]12)N4c1ccccc1O3. The van der Waals surface area contributed by atoms with E-state index in [0.717, 1.165) is 57.2 Å². The molecule has 0 N–H and O–H groups in total. The van der Waals surface area contributed by atoms with Gasteiger partial charge in [-0.15, -0.1) is 0 Å². The number of para-hydroxylation sites is 4. The monoisotopic (exact) mass is 540 g/mol. The molecule has 37 heavy (non-hydrogen) atoms. The molecule has 6 heteroatoms. The van der Waals surface area contributed by atoms with Gasteiger partial charge in [0.15, 0.2) is 0 Å². The summed E-state index contributed by atoms with van der Waals surface area (Å²) in [7, 11) is 0. The van der Waals surface area contributed by atoms with Crippen molar-refractivity contribution in [2.75, 3.05) is 9.80 Å². The molecule has 0 aromatic heterocycles. The Morgan fingerprint density at radius 1 is 0.432 bits per heavy atom. The molecule has 0 aliphatic carbocycles. The molecule has 5 heterocycles. The number of anilines is 6. The zero-order chi connectivity index (χ0) is 24.0.